The first-order chi connectivity index (χ1) is 14.2. The highest BCUT2D eigenvalue weighted by Crippen LogP contribution is 2.42. The number of hydrogen-bond donors (Lipinski definition) is 2. The van der Waals surface area contributed by atoms with E-state index in [4.69, 9.17) is 14.2 Å². The molecule has 1 atom stereocenters. The molecule has 1 aromatic heterocycles. The molecule has 0 saturated heterocycles. The first kappa shape index (κ1) is 24.8. The van der Waals surface area contributed by atoms with Crippen molar-refractivity contribution >= 4 is 40.1 Å². The maximum atomic E-state index is 13.0. The number of thiophene rings is 1. The lowest BCUT2D eigenvalue weighted by Crippen LogP contribution is -2.33. The zero-order valence-corrected chi connectivity index (χ0v) is 19.8. The molecule has 1 aromatic rings. The molecule has 1 aliphatic heterocycles. The second kappa shape index (κ2) is 9.35. The summed E-state index contributed by atoms with van der Waals surface area (Å²) in [6, 6.07) is 0. The summed E-state index contributed by atoms with van der Waals surface area (Å²) in [7, 11) is 0. The van der Waals surface area contributed by atoms with E-state index in [0.717, 1.165) is 11.3 Å². The predicted molar refractivity (Wildman–Crippen MR) is 115 cm³/mol. The average molecular weight is 455 g/mol. The largest absolute Gasteiger partial charge is 0.456 e. The van der Waals surface area contributed by atoms with Gasteiger partial charge in [-0.15, -0.1) is 11.3 Å². The fourth-order valence-electron chi connectivity index (χ4n) is 2.87. The molecule has 2 rings (SSSR count). The molecule has 2 amide bonds. The second-order valence-electron chi connectivity index (χ2n) is 9.15. The van der Waals surface area contributed by atoms with Gasteiger partial charge in [-0.3, -0.25) is 9.59 Å². The van der Waals surface area contributed by atoms with E-state index >= 15 is 0 Å². The van der Waals surface area contributed by atoms with E-state index in [-0.39, 0.29) is 23.0 Å². The second-order valence-corrected chi connectivity index (χ2v) is 10.2. The van der Waals surface area contributed by atoms with Gasteiger partial charge >= 0.3 is 17.8 Å². The average Bonchev–Trinajstić information content (AvgIpc) is 2.95. The van der Waals surface area contributed by atoms with E-state index in [2.05, 4.69) is 10.6 Å². The van der Waals surface area contributed by atoms with Gasteiger partial charge in [-0.1, -0.05) is 0 Å². The lowest BCUT2D eigenvalue weighted by molar-refractivity contribution is -0.161. The predicted octanol–water partition coefficient (Wildman–Crippen LogP) is 2.73. The number of fused-ring (bicyclic) bond motifs is 1. The Morgan fingerprint density at radius 3 is 2.23 bits per heavy atom. The maximum Gasteiger partial charge on any atom is 0.397 e. The molecule has 1 aliphatic rings. The van der Waals surface area contributed by atoms with Gasteiger partial charge in [-0.05, 0) is 53.5 Å². The number of ether oxygens (including phenoxy) is 3. The first-order valence-electron chi connectivity index (χ1n) is 9.97. The number of rotatable bonds is 4. The number of carbonyl (C=O) groups excluding carboxylic acids is 4. The van der Waals surface area contributed by atoms with Crippen LogP contribution in [0.5, 0.6) is 0 Å². The summed E-state index contributed by atoms with van der Waals surface area (Å²) < 4.78 is 16.4. The Labute approximate surface area is 185 Å². The van der Waals surface area contributed by atoms with Crippen molar-refractivity contribution < 1.29 is 33.4 Å². The van der Waals surface area contributed by atoms with Crippen LogP contribution < -0.4 is 10.6 Å². The minimum atomic E-state index is -1.06. The third-order valence-electron chi connectivity index (χ3n) is 3.95. The van der Waals surface area contributed by atoms with E-state index < -0.39 is 35.2 Å². The van der Waals surface area contributed by atoms with Gasteiger partial charge in [0.05, 0.1) is 12.2 Å². The van der Waals surface area contributed by atoms with Crippen molar-refractivity contribution in [2.75, 3.05) is 18.5 Å². The summed E-state index contributed by atoms with van der Waals surface area (Å²) in [5.74, 6) is -2.86. The zero-order chi connectivity index (χ0) is 23.6. The van der Waals surface area contributed by atoms with E-state index in [1.54, 1.807) is 41.5 Å². The standard InChI is InChI=1S/C21H30N2O7S/c1-11(24)22-10-13-15-12(8-9-28-13)14(18(26)29-20(2,3)4)17(31-15)23-16(25)19(27)30-21(5,6)7/h13H,8-10H2,1-7H3,(H,22,24)(H,23,25). The van der Waals surface area contributed by atoms with Crippen molar-refractivity contribution in [3.63, 3.8) is 0 Å². The summed E-state index contributed by atoms with van der Waals surface area (Å²) in [5, 5.41) is 5.39. The highest BCUT2D eigenvalue weighted by atomic mass is 32.1. The number of hydrogen-bond acceptors (Lipinski definition) is 8. The number of carbonyl (C=O) groups is 4. The Hall–Kier alpha value is -2.46. The van der Waals surface area contributed by atoms with Crippen molar-refractivity contribution in [1.29, 1.82) is 0 Å². The monoisotopic (exact) mass is 454 g/mol. The van der Waals surface area contributed by atoms with Crippen LogP contribution in [0.25, 0.3) is 0 Å². The SMILES string of the molecule is CC(=O)NCC1OCCc2c1sc(NC(=O)C(=O)OC(C)(C)C)c2C(=O)OC(C)(C)C. The molecule has 0 fully saturated rings. The Balaban J connectivity index is 2.41. The van der Waals surface area contributed by atoms with Crippen LogP contribution >= 0.6 is 11.3 Å². The van der Waals surface area contributed by atoms with Gasteiger partial charge in [0.15, 0.2) is 0 Å². The third kappa shape index (κ3) is 7.03. The highest BCUT2D eigenvalue weighted by molar-refractivity contribution is 7.17. The van der Waals surface area contributed by atoms with Gasteiger partial charge in [0.2, 0.25) is 5.91 Å². The lowest BCUT2D eigenvalue weighted by atomic mass is 10.0. The van der Waals surface area contributed by atoms with Gasteiger partial charge in [0.1, 0.15) is 22.3 Å². The minimum Gasteiger partial charge on any atom is -0.456 e. The summed E-state index contributed by atoms with van der Waals surface area (Å²) in [6.45, 7) is 12.1. The van der Waals surface area contributed by atoms with Gasteiger partial charge in [0.25, 0.3) is 0 Å². The smallest absolute Gasteiger partial charge is 0.397 e. The number of esters is 2. The lowest BCUT2D eigenvalue weighted by Gasteiger charge is -2.24. The number of amides is 2. The van der Waals surface area contributed by atoms with Crippen molar-refractivity contribution in [1.82, 2.24) is 5.32 Å². The van der Waals surface area contributed by atoms with E-state index in [1.165, 1.54) is 6.92 Å². The molecular formula is C21H30N2O7S. The zero-order valence-electron chi connectivity index (χ0n) is 19.0. The summed E-state index contributed by atoms with van der Waals surface area (Å²) in [4.78, 5) is 49.6. The quantitative estimate of drug-likeness (QED) is 0.530. The van der Waals surface area contributed by atoms with Crippen molar-refractivity contribution in [3.8, 4) is 0 Å². The normalized spacial score (nSPS) is 16.2. The molecule has 10 heteroatoms. The van der Waals surface area contributed by atoms with E-state index in [0.29, 0.717) is 23.5 Å². The fourth-order valence-corrected chi connectivity index (χ4v) is 4.15. The molecular weight excluding hydrogens is 424 g/mol. The first-order valence-corrected chi connectivity index (χ1v) is 10.8. The Morgan fingerprint density at radius 1 is 1.06 bits per heavy atom. The third-order valence-corrected chi connectivity index (χ3v) is 5.19. The van der Waals surface area contributed by atoms with Crippen molar-refractivity contribution in [2.24, 2.45) is 0 Å². The Morgan fingerprint density at radius 2 is 1.68 bits per heavy atom. The summed E-state index contributed by atoms with van der Waals surface area (Å²) >= 11 is 1.12. The summed E-state index contributed by atoms with van der Waals surface area (Å²) in [6.07, 6.45) is -0.0507. The molecule has 0 bridgehead atoms. The molecule has 2 heterocycles. The molecule has 0 aromatic carbocycles. The summed E-state index contributed by atoms with van der Waals surface area (Å²) in [5.41, 5.74) is -0.712. The highest BCUT2D eigenvalue weighted by Gasteiger charge is 2.35. The molecule has 9 nitrogen and oxygen atoms in total. The van der Waals surface area contributed by atoms with Crippen molar-refractivity contribution in [2.45, 2.75) is 72.2 Å². The topological polar surface area (TPSA) is 120 Å². The molecule has 0 aliphatic carbocycles. The van der Waals surface area contributed by atoms with E-state index in [1.807, 2.05) is 0 Å². The van der Waals surface area contributed by atoms with Crippen molar-refractivity contribution in [3.05, 3.63) is 16.0 Å². The van der Waals surface area contributed by atoms with Crippen LogP contribution in [0.3, 0.4) is 0 Å². The number of nitrogens with one attached hydrogen (secondary N) is 2. The molecule has 2 N–H and O–H groups in total. The van der Waals surface area contributed by atoms with Crippen LogP contribution in [0.1, 0.15) is 75.4 Å². The van der Waals surface area contributed by atoms with Crippen LogP contribution in [0.4, 0.5) is 5.00 Å². The molecule has 0 saturated carbocycles. The fraction of sp³-hybridized carbons (Fsp3) is 0.619. The van der Waals surface area contributed by atoms with E-state index in [9.17, 15) is 19.2 Å². The van der Waals surface area contributed by atoms with Crippen LogP contribution in [0.2, 0.25) is 0 Å². The van der Waals surface area contributed by atoms with Gasteiger partial charge in [-0.2, -0.15) is 0 Å². The molecule has 0 spiro atoms. The Bertz CT molecular complexity index is 878. The van der Waals surface area contributed by atoms with Crippen LogP contribution in [-0.4, -0.2) is 48.1 Å². The molecule has 31 heavy (non-hydrogen) atoms. The molecule has 1 unspecified atom stereocenters. The van der Waals surface area contributed by atoms with Gasteiger partial charge < -0.3 is 24.8 Å². The van der Waals surface area contributed by atoms with Crippen LogP contribution in [-0.2, 0) is 35.0 Å². The van der Waals surface area contributed by atoms with Crippen LogP contribution in [0.15, 0.2) is 0 Å². The minimum absolute atomic E-state index is 0.188. The van der Waals surface area contributed by atoms with Gasteiger partial charge in [0, 0.05) is 18.3 Å². The number of anilines is 1. The molecule has 0 radical (unpaired) electrons. The van der Waals surface area contributed by atoms with Gasteiger partial charge in [-0.25, -0.2) is 9.59 Å². The molecule has 172 valence electrons. The Kier molecular flexibility index (Phi) is 7.48. The van der Waals surface area contributed by atoms with Crippen LogP contribution in [0, 0.1) is 0 Å². The maximum absolute atomic E-state index is 13.0.